The first-order valence-corrected chi connectivity index (χ1v) is 17.8. The van der Waals surface area contributed by atoms with Crippen LogP contribution in [0.4, 0.5) is 17.1 Å². The molecule has 0 saturated heterocycles. The van der Waals surface area contributed by atoms with Crippen molar-refractivity contribution >= 4 is 60.5 Å². The van der Waals surface area contributed by atoms with E-state index >= 15 is 0 Å². The Bertz CT molecular complexity index is 2880. The van der Waals surface area contributed by atoms with E-state index in [1.54, 1.807) is 0 Å². The van der Waals surface area contributed by atoms with Crippen molar-refractivity contribution in [3.05, 3.63) is 200 Å². The van der Waals surface area contributed by atoms with Gasteiger partial charge in [-0.2, -0.15) is 0 Å². The Balaban J connectivity index is 1.15. The highest BCUT2D eigenvalue weighted by Crippen LogP contribution is 2.45. The van der Waals surface area contributed by atoms with E-state index in [9.17, 15) is 0 Å². The van der Waals surface area contributed by atoms with Gasteiger partial charge >= 0.3 is 0 Å². The van der Waals surface area contributed by atoms with Crippen LogP contribution in [-0.4, -0.2) is 0 Å². The minimum Gasteiger partial charge on any atom is -0.456 e. The maximum absolute atomic E-state index is 6.50. The molecule has 0 bridgehead atoms. The van der Waals surface area contributed by atoms with Crippen LogP contribution in [0.1, 0.15) is 0 Å². The van der Waals surface area contributed by atoms with Crippen LogP contribution in [0.15, 0.2) is 205 Å². The Morgan fingerprint density at radius 3 is 1.71 bits per heavy atom. The Kier molecular flexibility index (Phi) is 7.18. The molecule has 2 heteroatoms. The summed E-state index contributed by atoms with van der Waals surface area (Å²) in [5.74, 6) is 0. The molecule has 0 unspecified atom stereocenters. The highest BCUT2D eigenvalue weighted by atomic mass is 16.3. The Morgan fingerprint density at radius 1 is 0.308 bits per heavy atom. The van der Waals surface area contributed by atoms with Crippen LogP contribution in [0, 0.1) is 0 Å². The number of nitrogens with zero attached hydrogens (tertiary/aromatic N) is 1. The number of hydrogen-bond acceptors (Lipinski definition) is 2. The van der Waals surface area contributed by atoms with Gasteiger partial charge in [-0.15, -0.1) is 0 Å². The molecule has 0 atom stereocenters. The smallest absolute Gasteiger partial charge is 0.136 e. The molecular formula is C50H33NO. The summed E-state index contributed by atoms with van der Waals surface area (Å²) in [6.45, 7) is 0. The number of anilines is 3. The lowest BCUT2D eigenvalue weighted by molar-refractivity contribution is 0.669. The summed E-state index contributed by atoms with van der Waals surface area (Å²) in [7, 11) is 0. The van der Waals surface area contributed by atoms with Gasteiger partial charge in [0.25, 0.3) is 0 Å². The molecule has 0 aliphatic heterocycles. The first-order chi connectivity index (χ1) is 25.8. The highest BCUT2D eigenvalue weighted by Gasteiger charge is 2.20. The van der Waals surface area contributed by atoms with Gasteiger partial charge < -0.3 is 9.32 Å². The number of furan rings is 1. The molecule has 0 saturated carbocycles. The molecular weight excluding hydrogens is 631 g/mol. The molecule has 0 N–H and O–H groups in total. The van der Waals surface area contributed by atoms with Crippen molar-refractivity contribution in [1.29, 1.82) is 0 Å². The van der Waals surface area contributed by atoms with Gasteiger partial charge in [0.1, 0.15) is 11.2 Å². The summed E-state index contributed by atoms with van der Waals surface area (Å²) in [6.07, 6.45) is 0. The van der Waals surface area contributed by atoms with E-state index in [1.165, 1.54) is 32.7 Å². The number of para-hydroxylation sites is 1. The molecule has 0 fully saturated rings. The quantitative estimate of drug-likeness (QED) is 0.176. The summed E-state index contributed by atoms with van der Waals surface area (Å²) >= 11 is 0. The third-order valence-corrected chi connectivity index (χ3v) is 10.2. The molecule has 10 aromatic rings. The topological polar surface area (TPSA) is 16.4 Å². The van der Waals surface area contributed by atoms with Crippen LogP contribution in [0.25, 0.3) is 76.9 Å². The summed E-state index contributed by atoms with van der Waals surface area (Å²) in [6, 6.07) is 71.7. The molecule has 52 heavy (non-hydrogen) atoms. The summed E-state index contributed by atoms with van der Waals surface area (Å²) < 4.78 is 6.50. The summed E-state index contributed by atoms with van der Waals surface area (Å²) in [5, 5.41) is 7.15. The molecule has 0 aliphatic carbocycles. The molecule has 0 amide bonds. The van der Waals surface area contributed by atoms with E-state index in [0.717, 1.165) is 61.3 Å². The molecule has 9 aromatic carbocycles. The van der Waals surface area contributed by atoms with Crippen molar-refractivity contribution in [2.45, 2.75) is 0 Å². The van der Waals surface area contributed by atoms with Gasteiger partial charge in [0.2, 0.25) is 0 Å². The predicted octanol–water partition coefficient (Wildman–Crippen LogP) is 14.4. The van der Waals surface area contributed by atoms with Crippen molar-refractivity contribution in [2.24, 2.45) is 0 Å². The van der Waals surface area contributed by atoms with Crippen molar-refractivity contribution in [3.63, 3.8) is 0 Å². The minimum atomic E-state index is 0.892. The van der Waals surface area contributed by atoms with Gasteiger partial charge in [0.15, 0.2) is 0 Å². The van der Waals surface area contributed by atoms with Crippen molar-refractivity contribution < 1.29 is 4.42 Å². The zero-order valence-corrected chi connectivity index (χ0v) is 28.4. The maximum atomic E-state index is 6.50. The molecule has 0 radical (unpaired) electrons. The van der Waals surface area contributed by atoms with E-state index in [2.05, 4.69) is 205 Å². The fourth-order valence-electron chi connectivity index (χ4n) is 7.79. The number of fused-ring (bicyclic) bond motifs is 5. The van der Waals surface area contributed by atoms with E-state index < -0.39 is 0 Å². The average molecular weight is 664 g/mol. The SMILES string of the molecule is c1ccc(-c2cc(N(c3ccccc3)c3ccc(-c4cccc5ccccc45)cc3)ccc2-c2cccc3oc4cc5ccccc5cc4c23)cc1. The lowest BCUT2D eigenvalue weighted by Gasteiger charge is -2.27. The lowest BCUT2D eigenvalue weighted by Crippen LogP contribution is -2.10. The Labute approximate surface area is 302 Å². The van der Waals surface area contributed by atoms with Gasteiger partial charge in [-0.1, -0.05) is 146 Å². The second-order valence-electron chi connectivity index (χ2n) is 13.3. The van der Waals surface area contributed by atoms with Crippen molar-refractivity contribution in [3.8, 4) is 33.4 Å². The summed E-state index contributed by atoms with van der Waals surface area (Å²) in [4.78, 5) is 2.35. The van der Waals surface area contributed by atoms with Gasteiger partial charge in [0, 0.05) is 27.8 Å². The fraction of sp³-hybridized carbons (Fsp3) is 0. The van der Waals surface area contributed by atoms with E-state index in [1.807, 2.05) is 0 Å². The van der Waals surface area contributed by atoms with Gasteiger partial charge in [-0.05, 0) is 110 Å². The number of hydrogen-bond donors (Lipinski definition) is 0. The zero-order valence-electron chi connectivity index (χ0n) is 28.4. The minimum absolute atomic E-state index is 0.892. The van der Waals surface area contributed by atoms with Gasteiger partial charge in [-0.25, -0.2) is 0 Å². The van der Waals surface area contributed by atoms with Crippen LogP contribution >= 0.6 is 0 Å². The standard InChI is InChI=1S/C50H33NO/c1-3-13-35(14-4-1)46-33-41(29-30-44(46)45-23-12-24-48-50(45)47-31-37-16-7-8-17-38(37)32-49(47)52-48)51(39-19-5-2-6-20-39)40-27-25-36(26-28-40)43-22-11-18-34-15-9-10-21-42(34)43/h1-33H. The van der Waals surface area contributed by atoms with Crippen LogP contribution in [0.5, 0.6) is 0 Å². The summed E-state index contributed by atoms with van der Waals surface area (Å²) in [5.41, 5.74) is 12.1. The molecule has 2 nitrogen and oxygen atoms in total. The van der Waals surface area contributed by atoms with E-state index in [4.69, 9.17) is 4.42 Å². The molecule has 0 spiro atoms. The number of benzene rings is 9. The fourth-order valence-corrected chi connectivity index (χ4v) is 7.79. The first kappa shape index (κ1) is 30.0. The third kappa shape index (κ3) is 5.12. The molecule has 1 aromatic heterocycles. The average Bonchev–Trinajstić information content (AvgIpc) is 3.58. The first-order valence-electron chi connectivity index (χ1n) is 17.8. The zero-order chi connectivity index (χ0) is 34.4. The van der Waals surface area contributed by atoms with Crippen LogP contribution in [0.3, 0.4) is 0 Å². The monoisotopic (exact) mass is 663 g/mol. The second-order valence-corrected chi connectivity index (χ2v) is 13.3. The van der Waals surface area contributed by atoms with Gasteiger partial charge in [-0.3, -0.25) is 0 Å². The third-order valence-electron chi connectivity index (χ3n) is 10.2. The molecule has 244 valence electrons. The molecule has 0 aliphatic rings. The Hall–Kier alpha value is -6.90. The van der Waals surface area contributed by atoms with Crippen molar-refractivity contribution in [1.82, 2.24) is 0 Å². The Morgan fingerprint density at radius 2 is 0.904 bits per heavy atom. The highest BCUT2D eigenvalue weighted by molar-refractivity contribution is 6.16. The lowest BCUT2D eigenvalue weighted by atomic mass is 9.91. The van der Waals surface area contributed by atoms with Gasteiger partial charge in [0.05, 0.1) is 0 Å². The molecule has 1 heterocycles. The van der Waals surface area contributed by atoms with Crippen molar-refractivity contribution in [2.75, 3.05) is 4.90 Å². The normalized spacial score (nSPS) is 11.5. The second kappa shape index (κ2) is 12.5. The van der Waals surface area contributed by atoms with Crippen LogP contribution < -0.4 is 4.90 Å². The number of rotatable bonds is 6. The van der Waals surface area contributed by atoms with E-state index in [0.29, 0.717) is 0 Å². The van der Waals surface area contributed by atoms with Crippen LogP contribution in [-0.2, 0) is 0 Å². The van der Waals surface area contributed by atoms with Crippen LogP contribution in [0.2, 0.25) is 0 Å². The predicted molar refractivity (Wildman–Crippen MR) is 220 cm³/mol. The van der Waals surface area contributed by atoms with E-state index in [-0.39, 0.29) is 0 Å². The largest absolute Gasteiger partial charge is 0.456 e. The maximum Gasteiger partial charge on any atom is 0.136 e. The molecule has 10 rings (SSSR count).